The topological polar surface area (TPSA) is 24.9 Å². The molecule has 0 saturated heterocycles. The van der Waals surface area contributed by atoms with Gasteiger partial charge in [-0.15, -0.1) is 0 Å². The van der Waals surface area contributed by atoms with Crippen LogP contribution in [-0.4, -0.2) is 11.0 Å². The molecule has 1 aromatic carbocycles. The number of alkyl halides is 3. The molecule has 1 aliphatic carbocycles. The van der Waals surface area contributed by atoms with Gasteiger partial charge in [-0.3, -0.25) is 0 Å². The van der Waals surface area contributed by atoms with E-state index < -0.39 is 11.9 Å². The lowest BCUT2D eigenvalue weighted by Gasteiger charge is -2.25. The molecule has 5 heteroatoms. The molecule has 0 bridgehead atoms. The number of hydrogen-bond acceptors (Lipinski definition) is 2. The third-order valence-electron chi connectivity index (χ3n) is 4.22. The Morgan fingerprint density at radius 1 is 1.09 bits per heavy atom. The summed E-state index contributed by atoms with van der Waals surface area (Å²) in [5.74, 6) is 0. The van der Waals surface area contributed by atoms with Crippen molar-refractivity contribution >= 4 is 16.6 Å². The van der Waals surface area contributed by atoms with Gasteiger partial charge in [0, 0.05) is 17.1 Å². The second kappa shape index (κ2) is 5.78. The molecule has 1 heterocycles. The Labute approximate surface area is 127 Å². The molecule has 2 nitrogen and oxygen atoms in total. The maximum atomic E-state index is 13.1. The molecular formula is C17H19F3N2. The number of benzene rings is 1. The summed E-state index contributed by atoms with van der Waals surface area (Å²) in [5, 5.41) is 4.09. The Morgan fingerprint density at radius 2 is 1.82 bits per heavy atom. The van der Waals surface area contributed by atoms with Crippen LogP contribution < -0.4 is 5.32 Å². The highest BCUT2D eigenvalue weighted by Crippen LogP contribution is 2.34. The van der Waals surface area contributed by atoms with Crippen molar-refractivity contribution in [1.82, 2.24) is 4.98 Å². The van der Waals surface area contributed by atoms with Gasteiger partial charge in [0.2, 0.25) is 0 Å². The van der Waals surface area contributed by atoms with E-state index in [0.29, 0.717) is 11.2 Å². The van der Waals surface area contributed by atoms with Crippen molar-refractivity contribution < 1.29 is 13.2 Å². The maximum Gasteiger partial charge on any atom is 0.433 e. The van der Waals surface area contributed by atoms with Crippen molar-refractivity contribution in [3.05, 3.63) is 35.5 Å². The van der Waals surface area contributed by atoms with Crippen LogP contribution in [0.2, 0.25) is 0 Å². The van der Waals surface area contributed by atoms with Crippen molar-refractivity contribution in [2.75, 3.05) is 5.32 Å². The van der Waals surface area contributed by atoms with Crippen molar-refractivity contribution in [3.63, 3.8) is 0 Å². The van der Waals surface area contributed by atoms with Gasteiger partial charge < -0.3 is 5.32 Å². The van der Waals surface area contributed by atoms with Gasteiger partial charge in [-0.05, 0) is 38.0 Å². The van der Waals surface area contributed by atoms with E-state index in [1.807, 2.05) is 13.0 Å². The lowest BCUT2D eigenvalue weighted by molar-refractivity contribution is -0.140. The van der Waals surface area contributed by atoms with E-state index in [0.717, 1.165) is 42.7 Å². The summed E-state index contributed by atoms with van der Waals surface area (Å²) >= 11 is 0. The summed E-state index contributed by atoms with van der Waals surface area (Å²) in [6, 6.07) is 6.75. The average molecular weight is 308 g/mol. The van der Waals surface area contributed by atoms with E-state index in [9.17, 15) is 13.2 Å². The molecule has 1 fully saturated rings. The molecule has 2 aromatic rings. The summed E-state index contributed by atoms with van der Waals surface area (Å²) in [6.07, 6.45) is 1.07. The van der Waals surface area contributed by atoms with Crippen molar-refractivity contribution in [2.45, 2.75) is 51.2 Å². The molecular weight excluding hydrogens is 289 g/mol. The van der Waals surface area contributed by atoms with Crippen molar-refractivity contribution in [3.8, 4) is 0 Å². The first kappa shape index (κ1) is 15.1. The zero-order valence-electron chi connectivity index (χ0n) is 12.5. The van der Waals surface area contributed by atoms with Gasteiger partial charge in [0.25, 0.3) is 0 Å². The third-order valence-corrected chi connectivity index (χ3v) is 4.22. The minimum absolute atomic E-state index is 0.251. The smallest absolute Gasteiger partial charge is 0.382 e. The number of aryl methyl sites for hydroxylation is 1. The van der Waals surface area contributed by atoms with Crippen LogP contribution in [0.4, 0.5) is 18.9 Å². The number of nitrogens with zero attached hydrogens (tertiary/aromatic N) is 1. The minimum Gasteiger partial charge on any atom is -0.382 e. The van der Waals surface area contributed by atoms with Crippen LogP contribution in [0.1, 0.15) is 43.4 Å². The summed E-state index contributed by atoms with van der Waals surface area (Å²) < 4.78 is 39.2. The number of aromatic nitrogens is 1. The Bertz CT molecular complexity index is 673. The third kappa shape index (κ3) is 3.18. The highest BCUT2D eigenvalue weighted by molar-refractivity contribution is 5.92. The number of rotatable bonds is 2. The largest absolute Gasteiger partial charge is 0.433 e. The second-order valence-corrected chi connectivity index (χ2v) is 6.05. The molecule has 22 heavy (non-hydrogen) atoms. The van der Waals surface area contributed by atoms with Crippen molar-refractivity contribution in [1.29, 1.82) is 0 Å². The molecule has 0 spiro atoms. The van der Waals surface area contributed by atoms with E-state index in [1.54, 1.807) is 12.1 Å². The molecule has 1 saturated carbocycles. The molecule has 1 N–H and O–H groups in total. The molecule has 0 radical (unpaired) electrons. The Kier molecular flexibility index (Phi) is 3.98. The van der Waals surface area contributed by atoms with Crippen LogP contribution in [0.3, 0.4) is 0 Å². The van der Waals surface area contributed by atoms with Crippen LogP contribution in [-0.2, 0) is 6.18 Å². The van der Waals surface area contributed by atoms with E-state index in [-0.39, 0.29) is 6.04 Å². The predicted molar refractivity (Wildman–Crippen MR) is 82.0 cm³/mol. The number of halogens is 3. The fourth-order valence-electron chi connectivity index (χ4n) is 3.07. The van der Waals surface area contributed by atoms with Crippen LogP contribution in [0.15, 0.2) is 24.3 Å². The first-order valence-corrected chi connectivity index (χ1v) is 7.68. The average Bonchev–Trinajstić information content (AvgIpc) is 2.47. The van der Waals surface area contributed by atoms with Crippen LogP contribution >= 0.6 is 0 Å². The maximum absolute atomic E-state index is 13.1. The Balaban J connectivity index is 2.05. The fraction of sp³-hybridized carbons (Fsp3) is 0.471. The minimum atomic E-state index is -4.43. The normalized spacial score (nSPS) is 16.9. The number of pyridine rings is 1. The molecule has 0 aliphatic heterocycles. The highest BCUT2D eigenvalue weighted by Gasteiger charge is 2.33. The lowest BCUT2D eigenvalue weighted by Crippen LogP contribution is -2.23. The van der Waals surface area contributed by atoms with Gasteiger partial charge in [-0.25, -0.2) is 4.98 Å². The number of nitrogens with one attached hydrogen (secondary N) is 1. The van der Waals surface area contributed by atoms with Gasteiger partial charge in [0.1, 0.15) is 5.69 Å². The molecule has 1 aromatic heterocycles. The SMILES string of the molecule is Cc1ccc2nc(C(F)(F)F)cc(NC3CCCCC3)c2c1. The summed E-state index contributed by atoms with van der Waals surface area (Å²) in [5.41, 5.74) is 1.12. The fourth-order valence-corrected chi connectivity index (χ4v) is 3.07. The van der Waals surface area contributed by atoms with E-state index in [2.05, 4.69) is 10.3 Å². The van der Waals surface area contributed by atoms with Crippen molar-refractivity contribution in [2.24, 2.45) is 0 Å². The zero-order valence-corrected chi connectivity index (χ0v) is 12.5. The lowest BCUT2D eigenvalue weighted by atomic mass is 9.95. The predicted octanol–water partition coefficient (Wildman–Crippen LogP) is 5.31. The zero-order chi connectivity index (χ0) is 15.7. The monoisotopic (exact) mass is 308 g/mol. The molecule has 0 atom stereocenters. The Hall–Kier alpha value is -1.78. The van der Waals surface area contributed by atoms with Gasteiger partial charge in [0.15, 0.2) is 0 Å². The summed E-state index contributed by atoms with van der Waals surface area (Å²) in [4.78, 5) is 3.78. The number of fused-ring (bicyclic) bond motifs is 1. The summed E-state index contributed by atoms with van der Waals surface area (Å²) in [6.45, 7) is 1.93. The Morgan fingerprint density at radius 3 is 2.50 bits per heavy atom. The molecule has 0 unspecified atom stereocenters. The number of anilines is 1. The van der Waals surface area contributed by atoms with Crippen LogP contribution in [0.25, 0.3) is 10.9 Å². The second-order valence-electron chi connectivity index (χ2n) is 6.05. The van der Waals surface area contributed by atoms with Gasteiger partial charge in [-0.2, -0.15) is 13.2 Å². The van der Waals surface area contributed by atoms with Gasteiger partial charge in [-0.1, -0.05) is 30.9 Å². The first-order valence-electron chi connectivity index (χ1n) is 7.68. The van der Waals surface area contributed by atoms with Crippen LogP contribution in [0.5, 0.6) is 0 Å². The highest BCUT2D eigenvalue weighted by atomic mass is 19.4. The number of hydrogen-bond donors (Lipinski definition) is 1. The van der Waals surface area contributed by atoms with E-state index in [1.165, 1.54) is 6.42 Å². The standard InChI is InChI=1S/C17H19F3N2/c1-11-7-8-14-13(9-11)15(10-16(22-14)17(18,19)20)21-12-5-3-2-4-6-12/h7-10,12H,2-6H2,1H3,(H,21,22). The quantitative estimate of drug-likeness (QED) is 0.813. The molecule has 3 rings (SSSR count). The van der Waals surface area contributed by atoms with Gasteiger partial charge >= 0.3 is 6.18 Å². The molecule has 118 valence electrons. The summed E-state index contributed by atoms with van der Waals surface area (Å²) in [7, 11) is 0. The molecule has 0 amide bonds. The van der Waals surface area contributed by atoms with Crippen LogP contribution in [0, 0.1) is 6.92 Å². The first-order chi connectivity index (χ1) is 10.4. The van der Waals surface area contributed by atoms with E-state index >= 15 is 0 Å². The molecule has 1 aliphatic rings. The van der Waals surface area contributed by atoms with E-state index in [4.69, 9.17) is 0 Å². The van der Waals surface area contributed by atoms with Gasteiger partial charge in [0.05, 0.1) is 5.52 Å².